The summed E-state index contributed by atoms with van der Waals surface area (Å²) >= 11 is 0. The average Bonchev–Trinajstić information content (AvgIpc) is 3.07. The predicted octanol–water partition coefficient (Wildman–Crippen LogP) is 2.40. The number of methoxy groups -OCH3 is 1. The molecule has 2 aromatic rings. The van der Waals surface area contributed by atoms with E-state index in [4.69, 9.17) is 4.74 Å². The van der Waals surface area contributed by atoms with E-state index in [-0.39, 0.29) is 0 Å². The third-order valence-corrected chi connectivity index (χ3v) is 3.33. The summed E-state index contributed by atoms with van der Waals surface area (Å²) in [5, 5.41) is 11.7. The Morgan fingerprint density at radius 1 is 1.53 bits per heavy atom. The Bertz CT molecular complexity index is 504. The Morgan fingerprint density at radius 2 is 2.41 bits per heavy atom. The molecule has 1 aliphatic carbocycles. The quantitative estimate of drug-likeness (QED) is 0.830. The van der Waals surface area contributed by atoms with E-state index >= 15 is 0 Å². The summed E-state index contributed by atoms with van der Waals surface area (Å²) in [7, 11) is 1.76. The molecule has 0 aliphatic heterocycles. The van der Waals surface area contributed by atoms with Crippen LogP contribution in [0.5, 0.6) is 0 Å². The number of anilines is 1. The second-order valence-corrected chi connectivity index (χ2v) is 4.72. The number of ether oxygens (including phenoxy) is 1. The minimum Gasteiger partial charge on any atom is -0.383 e. The van der Waals surface area contributed by atoms with Crippen molar-refractivity contribution in [1.29, 1.82) is 0 Å². The number of nitrogens with zero attached hydrogens (tertiary/aromatic N) is 1. The van der Waals surface area contributed by atoms with E-state index in [2.05, 4.69) is 33.7 Å². The van der Waals surface area contributed by atoms with Gasteiger partial charge in [-0.2, -0.15) is 5.10 Å². The molecule has 1 unspecified atom stereocenters. The molecule has 1 atom stereocenters. The molecule has 90 valence electrons. The largest absolute Gasteiger partial charge is 0.383 e. The second-order valence-electron chi connectivity index (χ2n) is 4.72. The van der Waals surface area contributed by atoms with Crippen LogP contribution in [0.25, 0.3) is 10.9 Å². The van der Waals surface area contributed by atoms with Gasteiger partial charge in [0, 0.05) is 18.2 Å². The lowest BCUT2D eigenvalue weighted by Gasteiger charge is -2.18. The number of benzene rings is 1. The van der Waals surface area contributed by atoms with Gasteiger partial charge in [0.2, 0.25) is 0 Å². The predicted molar refractivity (Wildman–Crippen MR) is 68.1 cm³/mol. The normalized spacial score (nSPS) is 17.2. The van der Waals surface area contributed by atoms with Gasteiger partial charge in [-0.1, -0.05) is 0 Å². The summed E-state index contributed by atoms with van der Waals surface area (Å²) in [6.45, 7) is 0.772. The molecule has 17 heavy (non-hydrogen) atoms. The maximum Gasteiger partial charge on any atom is 0.0666 e. The van der Waals surface area contributed by atoms with Crippen LogP contribution < -0.4 is 5.32 Å². The summed E-state index contributed by atoms with van der Waals surface area (Å²) in [6.07, 6.45) is 4.48. The maximum atomic E-state index is 5.27. The second kappa shape index (κ2) is 4.37. The molecule has 3 rings (SSSR count). The number of H-pyrrole nitrogens is 1. The first-order valence-corrected chi connectivity index (χ1v) is 6.05. The fraction of sp³-hybridized carbons (Fsp3) is 0.462. The molecule has 1 aromatic carbocycles. The first kappa shape index (κ1) is 10.6. The average molecular weight is 231 g/mol. The molecular weight excluding hydrogens is 214 g/mol. The summed E-state index contributed by atoms with van der Waals surface area (Å²) in [4.78, 5) is 0. The summed E-state index contributed by atoms with van der Waals surface area (Å²) in [5.41, 5.74) is 2.22. The highest BCUT2D eigenvalue weighted by Gasteiger charge is 2.31. The smallest absolute Gasteiger partial charge is 0.0666 e. The van der Waals surface area contributed by atoms with E-state index in [0.717, 1.165) is 29.1 Å². The molecule has 4 nitrogen and oxygen atoms in total. The van der Waals surface area contributed by atoms with E-state index in [1.54, 1.807) is 7.11 Å². The van der Waals surface area contributed by atoms with Gasteiger partial charge in [-0.25, -0.2) is 0 Å². The van der Waals surface area contributed by atoms with Gasteiger partial charge in [0.05, 0.1) is 24.4 Å². The highest BCUT2D eigenvalue weighted by molar-refractivity contribution is 5.81. The molecule has 0 radical (unpaired) electrons. The zero-order valence-electron chi connectivity index (χ0n) is 9.94. The molecule has 2 N–H and O–H groups in total. The molecule has 0 saturated heterocycles. The van der Waals surface area contributed by atoms with Crippen LogP contribution in [0, 0.1) is 5.92 Å². The molecule has 1 saturated carbocycles. The fourth-order valence-corrected chi connectivity index (χ4v) is 2.22. The van der Waals surface area contributed by atoms with Crippen molar-refractivity contribution in [3.8, 4) is 0 Å². The van der Waals surface area contributed by atoms with Crippen molar-refractivity contribution in [3.63, 3.8) is 0 Å². The van der Waals surface area contributed by atoms with Crippen molar-refractivity contribution < 1.29 is 4.74 Å². The molecule has 1 fully saturated rings. The SMILES string of the molecule is COCC(Nc1ccc2[nH]ncc2c1)C1CC1. The van der Waals surface area contributed by atoms with E-state index in [0.29, 0.717) is 6.04 Å². The Hall–Kier alpha value is -1.55. The van der Waals surface area contributed by atoms with Gasteiger partial charge < -0.3 is 10.1 Å². The Morgan fingerprint density at radius 3 is 3.18 bits per heavy atom. The van der Waals surface area contributed by atoms with Crippen LogP contribution in [0.1, 0.15) is 12.8 Å². The van der Waals surface area contributed by atoms with Gasteiger partial charge in [0.1, 0.15) is 0 Å². The highest BCUT2D eigenvalue weighted by Crippen LogP contribution is 2.34. The molecule has 0 spiro atoms. The van der Waals surface area contributed by atoms with Gasteiger partial charge in [0.25, 0.3) is 0 Å². The lowest BCUT2D eigenvalue weighted by Crippen LogP contribution is -2.27. The van der Waals surface area contributed by atoms with Crippen LogP contribution in [-0.2, 0) is 4.74 Å². The van der Waals surface area contributed by atoms with Crippen molar-refractivity contribution in [1.82, 2.24) is 10.2 Å². The van der Waals surface area contributed by atoms with Crippen LogP contribution >= 0.6 is 0 Å². The van der Waals surface area contributed by atoms with Crippen molar-refractivity contribution >= 4 is 16.6 Å². The third-order valence-electron chi connectivity index (χ3n) is 3.33. The van der Waals surface area contributed by atoms with Gasteiger partial charge in [0.15, 0.2) is 0 Å². The number of fused-ring (bicyclic) bond motifs is 1. The Balaban J connectivity index is 1.77. The minimum atomic E-state index is 0.435. The van der Waals surface area contributed by atoms with Crippen molar-refractivity contribution in [2.24, 2.45) is 5.92 Å². The zero-order chi connectivity index (χ0) is 11.7. The van der Waals surface area contributed by atoms with Crippen LogP contribution in [0.15, 0.2) is 24.4 Å². The monoisotopic (exact) mass is 231 g/mol. The van der Waals surface area contributed by atoms with Crippen LogP contribution in [0.2, 0.25) is 0 Å². The molecule has 0 amide bonds. The van der Waals surface area contributed by atoms with Crippen molar-refractivity contribution in [2.45, 2.75) is 18.9 Å². The number of hydrogen-bond acceptors (Lipinski definition) is 3. The fourth-order valence-electron chi connectivity index (χ4n) is 2.22. The number of nitrogens with one attached hydrogen (secondary N) is 2. The molecular formula is C13H17N3O. The summed E-state index contributed by atoms with van der Waals surface area (Å²) in [6, 6.07) is 6.71. The van der Waals surface area contributed by atoms with Crippen molar-refractivity contribution in [2.75, 3.05) is 19.0 Å². The standard InChI is InChI=1S/C13H17N3O/c1-17-8-13(9-2-3-9)15-11-4-5-12-10(6-11)7-14-16-12/h4-7,9,13,15H,2-3,8H2,1H3,(H,14,16). The molecule has 0 bridgehead atoms. The summed E-state index contributed by atoms with van der Waals surface area (Å²) in [5.74, 6) is 0.773. The Kier molecular flexibility index (Phi) is 2.73. The van der Waals surface area contributed by atoms with E-state index in [1.807, 2.05) is 6.20 Å². The van der Waals surface area contributed by atoms with E-state index in [1.165, 1.54) is 12.8 Å². The highest BCUT2D eigenvalue weighted by atomic mass is 16.5. The van der Waals surface area contributed by atoms with Crippen LogP contribution in [-0.4, -0.2) is 30.0 Å². The minimum absolute atomic E-state index is 0.435. The lowest BCUT2D eigenvalue weighted by atomic mass is 10.1. The van der Waals surface area contributed by atoms with E-state index in [9.17, 15) is 0 Å². The van der Waals surface area contributed by atoms with Crippen molar-refractivity contribution in [3.05, 3.63) is 24.4 Å². The number of aromatic nitrogens is 2. The molecule has 1 aromatic heterocycles. The zero-order valence-corrected chi connectivity index (χ0v) is 9.94. The van der Waals surface area contributed by atoms with Crippen LogP contribution in [0.4, 0.5) is 5.69 Å². The third kappa shape index (κ3) is 2.26. The maximum absolute atomic E-state index is 5.27. The first-order valence-electron chi connectivity index (χ1n) is 6.05. The van der Waals surface area contributed by atoms with E-state index < -0.39 is 0 Å². The van der Waals surface area contributed by atoms with Crippen LogP contribution in [0.3, 0.4) is 0 Å². The van der Waals surface area contributed by atoms with Gasteiger partial charge in [-0.15, -0.1) is 0 Å². The molecule has 1 aliphatic rings. The number of rotatable bonds is 5. The number of hydrogen-bond donors (Lipinski definition) is 2. The first-order chi connectivity index (χ1) is 8.36. The number of aromatic amines is 1. The topological polar surface area (TPSA) is 49.9 Å². The molecule has 4 heteroatoms. The van der Waals surface area contributed by atoms with Gasteiger partial charge in [-0.3, -0.25) is 5.10 Å². The summed E-state index contributed by atoms with van der Waals surface area (Å²) < 4.78 is 5.27. The molecule has 1 heterocycles. The van der Waals surface area contributed by atoms with Gasteiger partial charge >= 0.3 is 0 Å². The van der Waals surface area contributed by atoms with Gasteiger partial charge in [-0.05, 0) is 37.0 Å². The lowest BCUT2D eigenvalue weighted by molar-refractivity contribution is 0.179. The Labute approximate surface area is 100 Å².